The van der Waals surface area contributed by atoms with Gasteiger partial charge in [-0.15, -0.1) is 23.2 Å². The van der Waals surface area contributed by atoms with Gasteiger partial charge in [-0.2, -0.15) is 0 Å². The fourth-order valence-corrected chi connectivity index (χ4v) is 3.86. The van der Waals surface area contributed by atoms with Gasteiger partial charge in [-0.1, -0.05) is 135 Å². The van der Waals surface area contributed by atoms with Crippen LogP contribution in [0.25, 0.3) is 0 Å². The normalized spacial score (nSPS) is 11.5. The highest BCUT2D eigenvalue weighted by atomic mass is 35.5. The Bertz CT molecular complexity index is 228. The van der Waals surface area contributed by atoms with Gasteiger partial charge in [0.15, 0.2) is 0 Å². The third-order valence-electron chi connectivity index (χ3n) is 5.28. The van der Waals surface area contributed by atoms with Crippen molar-refractivity contribution in [2.24, 2.45) is 0 Å². The van der Waals surface area contributed by atoms with Gasteiger partial charge in [-0.3, -0.25) is 0 Å². The fraction of sp³-hybridized carbons (Fsp3) is 1.00. The van der Waals surface area contributed by atoms with Gasteiger partial charge in [0.1, 0.15) is 4.84 Å². The molecular weight excluding hydrogens is 347 g/mol. The number of hydrogen-bond donors (Lipinski definition) is 0. The Hall–Kier alpha value is 0.580. The largest absolute Gasteiger partial charge is 0.107 e. The molecule has 0 aromatic heterocycles. The molecule has 0 aromatic rings. The molecule has 152 valence electrons. The van der Waals surface area contributed by atoms with E-state index in [4.69, 9.17) is 23.2 Å². The fourth-order valence-electron chi connectivity index (χ4n) is 3.55. The van der Waals surface area contributed by atoms with Crippen molar-refractivity contribution in [3.8, 4) is 0 Å². The molecule has 0 aliphatic carbocycles. The summed E-state index contributed by atoms with van der Waals surface area (Å²) in [6.07, 6.45) is 29.5. The minimum atomic E-state index is -0.157. The molecule has 0 nitrogen and oxygen atoms in total. The van der Waals surface area contributed by atoms with E-state index in [2.05, 4.69) is 6.92 Å². The lowest BCUT2D eigenvalue weighted by molar-refractivity contribution is 0.521. The highest BCUT2D eigenvalue weighted by Crippen LogP contribution is 2.16. The monoisotopic (exact) mass is 392 g/mol. The zero-order valence-electron chi connectivity index (χ0n) is 17.2. The first-order chi connectivity index (χ1) is 12.3. The van der Waals surface area contributed by atoms with E-state index in [1.165, 1.54) is 128 Å². The van der Waals surface area contributed by atoms with Crippen molar-refractivity contribution < 1.29 is 0 Å². The molecule has 0 N–H and O–H groups in total. The van der Waals surface area contributed by atoms with Gasteiger partial charge < -0.3 is 0 Å². The summed E-state index contributed by atoms with van der Waals surface area (Å²) in [6.45, 7) is 2.29. The highest BCUT2D eigenvalue weighted by molar-refractivity contribution is 6.44. The Morgan fingerprint density at radius 3 is 0.880 bits per heavy atom. The predicted octanol–water partition coefficient (Wildman–Crippen LogP) is 10.0. The molecule has 25 heavy (non-hydrogen) atoms. The molecule has 0 unspecified atom stereocenters. The van der Waals surface area contributed by atoms with Crippen molar-refractivity contribution in [3.05, 3.63) is 0 Å². The van der Waals surface area contributed by atoms with Gasteiger partial charge in [-0.05, 0) is 6.42 Å². The average molecular weight is 394 g/mol. The Morgan fingerprint density at radius 2 is 0.640 bits per heavy atom. The summed E-state index contributed by atoms with van der Waals surface area (Å²) in [5.74, 6) is 0. The van der Waals surface area contributed by atoms with Gasteiger partial charge in [0, 0.05) is 0 Å². The van der Waals surface area contributed by atoms with Crippen LogP contribution < -0.4 is 0 Å². The van der Waals surface area contributed by atoms with Crippen LogP contribution in [-0.2, 0) is 0 Å². The Labute approximate surface area is 169 Å². The maximum Gasteiger partial charge on any atom is 0.107 e. The van der Waals surface area contributed by atoms with Crippen molar-refractivity contribution in [1.29, 1.82) is 0 Å². The highest BCUT2D eigenvalue weighted by Gasteiger charge is 1.98. The number of rotatable bonds is 21. The molecule has 0 aromatic carbocycles. The van der Waals surface area contributed by atoms with Crippen LogP contribution in [0.4, 0.5) is 0 Å². The van der Waals surface area contributed by atoms with Gasteiger partial charge in [0.2, 0.25) is 0 Å². The van der Waals surface area contributed by atoms with Gasteiger partial charge >= 0.3 is 0 Å². The lowest BCUT2D eigenvalue weighted by Gasteiger charge is -2.04. The summed E-state index contributed by atoms with van der Waals surface area (Å²) >= 11 is 11.5. The van der Waals surface area contributed by atoms with Crippen LogP contribution in [0.15, 0.2) is 0 Å². The van der Waals surface area contributed by atoms with E-state index in [0.29, 0.717) is 0 Å². The first-order valence-corrected chi connectivity index (χ1v) is 12.4. The Kier molecular flexibility index (Phi) is 23.1. The zero-order chi connectivity index (χ0) is 18.4. The molecule has 0 aliphatic rings. The van der Waals surface area contributed by atoms with Crippen LogP contribution in [0.5, 0.6) is 0 Å². The van der Waals surface area contributed by atoms with Crippen molar-refractivity contribution in [2.45, 2.75) is 147 Å². The standard InChI is InChI=1S/C23H46Cl2/c1-2-3-4-5-6-7-8-9-10-11-12-13-14-15-16-17-18-19-20-21-22-23(24)25/h23H,2-22H2,1H3. The van der Waals surface area contributed by atoms with Crippen LogP contribution in [0.1, 0.15) is 142 Å². The first kappa shape index (κ1) is 25.6. The molecule has 0 fully saturated rings. The summed E-state index contributed by atoms with van der Waals surface area (Å²) in [5.41, 5.74) is 0. The molecule has 0 bridgehead atoms. The van der Waals surface area contributed by atoms with Crippen molar-refractivity contribution in [1.82, 2.24) is 0 Å². The van der Waals surface area contributed by atoms with Crippen LogP contribution in [0.2, 0.25) is 0 Å². The molecule has 0 rings (SSSR count). The molecule has 2 heteroatoms. The van der Waals surface area contributed by atoms with E-state index in [1.807, 2.05) is 0 Å². The Morgan fingerprint density at radius 1 is 0.400 bits per heavy atom. The van der Waals surface area contributed by atoms with Gasteiger partial charge in [0.05, 0.1) is 0 Å². The second-order valence-corrected chi connectivity index (χ2v) is 9.17. The summed E-state index contributed by atoms with van der Waals surface area (Å²) in [6, 6.07) is 0. The number of hydrogen-bond acceptors (Lipinski definition) is 0. The van der Waals surface area contributed by atoms with Crippen LogP contribution in [0, 0.1) is 0 Å². The maximum absolute atomic E-state index is 5.73. The predicted molar refractivity (Wildman–Crippen MR) is 118 cm³/mol. The molecule has 0 saturated carbocycles. The SMILES string of the molecule is CCCCCCCCCCCCCCCCCCCCCCC(Cl)Cl. The average Bonchev–Trinajstić information content (AvgIpc) is 2.60. The summed E-state index contributed by atoms with van der Waals surface area (Å²) < 4.78 is 0. The summed E-state index contributed by atoms with van der Waals surface area (Å²) in [5, 5.41) is 0. The molecule has 0 saturated heterocycles. The molecule has 0 aliphatic heterocycles. The molecule has 0 atom stereocenters. The quantitative estimate of drug-likeness (QED) is 0.134. The molecule has 0 amide bonds. The van der Waals surface area contributed by atoms with Crippen molar-refractivity contribution in [2.75, 3.05) is 0 Å². The smallest absolute Gasteiger partial charge is 0.105 e. The van der Waals surface area contributed by atoms with E-state index in [9.17, 15) is 0 Å². The van der Waals surface area contributed by atoms with Crippen LogP contribution in [0.3, 0.4) is 0 Å². The zero-order valence-corrected chi connectivity index (χ0v) is 18.7. The summed E-state index contributed by atoms with van der Waals surface area (Å²) in [4.78, 5) is -0.157. The lowest BCUT2D eigenvalue weighted by atomic mass is 10.0. The van der Waals surface area contributed by atoms with E-state index in [0.717, 1.165) is 6.42 Å². The number of unbranched alkanes of at least 4 members (excludes halogenated alkanes) is 19. The van der Waals surface area contributed by atoms with Crippen LogP contribution >= 0.6 is 23.2 Å². The van der Waals surface area contributed by atoms with E-state index in [-0.39, 0.29) is 4.84 Å². The third-order valence-corrected chi connectivity index (χ3v) is 5.71. The van der Waals surface area contributed by atoms with Crippen LogP contribution in [-0.4, -0.2) is 4.84 Å². The van der Waals surface area contributed by atoms with Crippen molar-refractivity contribution >= 4 is 23.2 Å². The minimum absolute atomic E-state index is 0.157. The first-order valence-electron chi connectivity index (χ1n) is 11.6. The summed E-state index contributed by atoms with van der Waals surface area (Å²) in [7, 11) is 0. The second-order valence-electron chi connectivity index (χ2n) is 7.90. The van der Waals surface area contributed by atoms with Gasteiger partial charge in [0.25, 0.3) is 0 Å². The number of halogens is 2. The van der Waals surface area contributed by atoms with Crippen molar-refractivity contribution in [3.63, 3.8) is 0 Å². The topological polar surface area (TPSA) is 0 Å². The molecule has 0 radical (unpaired) electrons. The lowest BCUT2D eigenvalue weighted by Crippen LogP contribution is -1.87. The minimum Gasteiger partial charge on any atom is -0.105 e. The number of alkyl halides is 2. The molecular formula is C23H46Cl2. The molecule has 0 heterocycles. The maximum atomic E-state index is 5.73. The molecule has 0 spiro atoms. The van der Waals surface area contributed by atoms with E-state index in [1.54, 1.807) is 0 Å². The van der Waals surface area contributed by atoms with E-state index >= 15 is 0 Å². The third kappa shape index (κ3) is 24.6. The van der Waals surface area contributed by atoms with E-state index < -0.39 is 0 Å². The second kappa shape index (κ2) is 22.6. The van der Waals surface area contributed by atoms with Gasteiger partial charge in [-0.25, -0.2) is 0 Å². The Balaban J connectivity index is 2.96.